The Balaban J connectivity index is 0.000000232. The van der Waals surface area contributed by atoms with Gasteiger partial charge in [0.2, 0.25) is 0 Å². The van der Waals surface area contributed by atoms with E-state index >= 15 is 0 Å². The number of hydrogen-bond donors (Lipinski definition) is 8. The number of carboxylic acid groups (broad SMARTS) is 2. The van der Waals surface area contributed by atoms with Crippen molar-refractivity contribution in [1.82, 2.24) is 60.4 Å². The molecule has 0 unspecified atom stereocenters. The zero-order chi connectivity index (χ0) is 109. The highest BCUT2D eigenvalue weighted by molar-refractivity contribution is 14.1. The maximum absolute atomic E-state index is 12.7. The van der Waals surface area contributed by atoms with E-state index in [0.29, 0.717) is 11.1 Å². The van der Waals surface area contributed by atoms with Crippen LogP contribution in [0.5, 0.6) is 0 Å². The van der Waals surface area contributed by atoms with Gasteiger partial charge >= 0.3 is 72.3 Å². The standard InChI is InChI=1S/C19H23N3O5.C18H21N3O5.C13H12F3N3O.C11H6F6O4.C11H13N3.C10H9F3INO.C8H11N.C8H12O6/c1-12(13-6-8-14(9-7-13)22-11-5-10-20-22)21-17(23)15-16(18(24)25-4)27-19(2,3)26-15;1-11(12-5-7-13(8-6-12)21-10-4-9-19-21)20-16(22)14-15(17(23)24)26-18(2,3)25-14;1-9(18-12(20)13(14,15)16)10-3-5-11(6-4-10)19-8-2-7-17-19;12-10(13,14)8(18)20-7(6-4-2-1-3-5-6)21-9(19)11(15,16)17;1-9(12)10-3-5-11(6-4-10)14-8-2-7-13-14;1-6(15-9(16)10(11,12)13)7-2-4-8(14)5-3-7;1-7(9)8-5-3-2-4-6-8;1-8(2)13-4(6(9)10)5(14-8)7(11)12-3/h5-12,15-16H,1-4H3,(H,21,23);4-11,14-15H,1-3H3,(H,20,22)(H,23,24);2-9H,1H3,(H,18,20);1-5,7H;2-9H,12H2,1H3;2-6H,1H3,(H,15,16);2-7H,9H2,1H3;4-5H,1-3H3,(H,9,10)/t12-,15-,16-;11-,14-,15-;9-;;9-;6-;7-;4-,5-/m111.1111/s1. The van der Waals surface area contributed by atoms with Crippen LogP contribution in [0.1, 0.15) is 165 Å². The molecular formula is C98H107F12IN14O22. The van der Waals surface area contributed by atoms with Gasteiger partial charge in [-0.1, -0.05) is 121 Å². The van der Waals surface area contributed by atoms with E-state index in [4.69, 9.17) is 49.7 Å². The molecule has 4 amide bonds. The fourth-order valence-electron chi connectivity index (χ4n) is 13.1. The van der Waals surface area contributed by atoms with Crippen LogP contribution in [-0.2, 0) is 95.3 Å². The topological polar surface area (TPSA) is 475 Å². The molecule has 4 aromatic heterocycles. The molecule has 36 nitrogen and oxygen atoms in total. The first-order valence-electron chi connectivity index (χ1n) is 44.1. The van der Waals surface area contributed by atoms with E-state index in [0.717, 1.165) is 62.3 Å². The predicted octanol–water partition coefficient (Wildman–Crippen LogP) is 15.3. The molecule has 3 aliphatic rings. The molecule has 0 spiro atoms. The summed E-state index contributed by atoms with van der Waals surface area (Å²) >= 11 is 2.09. The fourth-order valence-corrected chi connectivity index (χ4v) is 13.4. The van der Waals surface area contributed by atoms with E-state index in [-0.39, 0.29) is 29.7 Å². The van der Waals surface area contributed by atoms with Crippen molar-refractivity contribution in [1.29, 1.82) is 0 Å². The Labute approximate surface area is 847 Å². The number of amides is 4. The molecule has 10 N–H and O–H groups in total. The summed E-state index contributed by atoms with van der Waals surface area (Å²) in [6.07, 6.45) is -16.1. The first kappa shape index (κ1) is 120. The number of nitrogens with zero attached hydrogens (tertiary/aromatic N) is 8. The number of alkyl halides is 12. The molecule has 7 aromatic carbocycles. The Morgan fingerprint density at radius 3 is 0.830 bits per heavy atom. The van der Waals surface area contributed by atoms with Crippen LogP contribution >= 0.6 is 22.6 Å². The van der Waals surface area contributed by atoms with Crippen molar-refractivity contribution in [3.63, 3.8) is 0 Å². The van der Waals surface area contributed by atoms with E-state index < -0.39 is 157 Å². The van der Waals surface area contributed by atoms with Crippen LogP contribution in [0.25, 0.3) is 22.7 Å². The lowest BCUT2D eigenvalue weighted by Gasteiger charge is -2.20. The Bertz CT molecular complexity index is 6000. The lowest BCUT2D eigenvalue weighted by molar-refractivity contribution is -0.242. The second-order valence-electron chi connectivity index (χ2n) is 33.3. The summed E-state index contributed by atoms with van der Waals surface area (Å²) in [6.45, 7) is 20.1. The van der Waals surface area contributed by atoms with Gasteiger partial charge in [0.25, 0.3) is 18.1 Å². The van der Waals surface area contributed by atoms with Gasteiger partial charge in [-0.3, -0.25) is 19.2 Å². The predicted molar refractivity (Wildman–Crippen MR) is 508 cm³/mol. The molecular weight excluding hydrogens is 2080 g/mol. The SMILES string of the molecule is COC(=O)[C@@H]1OC(C)(C)O[C@H]1C(=O)N[C@H](C)c1ccc(-n2cccn2)cc1.COC(=O)[C@@H]1OC(C)(C)O[C@H]1C(=O)O.C[C@@H](N)c1ccc(-n2cccn2)cc1.C[C@@H](N)c1ccccc1.C[C@@H](NC(=O)C(F)(F)F)c1ccc(-n2cccn2)cc1.C[C@@H](NC(=O)C(F)(F)F)c1ccc(I)cc1.C[C@@H](NC(=O)[C@@H]1OC(C)(C)O[C@H]1C(=O)O)c1ccc(-n2cccn2)cc1.O=C(OC(OC(=O)C(F)(F)F)c1ccccc1)C(F)(F)F. The number of carbonyl (C=O) groups is 10. The molecule has 12 atom stereocenters. The highest BCUT2D eigenvalue weighted by Crippen LogP contribution is 2.35. The van der Waals surface area contributed by atoms with Gasteiger partial charge in [0.05, 0.1) is 61.1 Å². The Morgan fingerprint density at radius 2 is 0.578 bits per heavy atom. The van der Waals surface area contributed by atoms with Crippen LogP contribution in [0.2, 0.25) is 0 Å². The number of ether oxygens (including phenoxy) is 10. The van der Waals surface area contributed by atoms with Gasteiger partial charge in [0.15, 0.2) is 54.0 Å². The smallest absolute Gasteiger partial charge is 0.479 e. The number of carboxylic acids is 2. The van der Waals surface area contributed by atoms with Gasteiger partial charge in [-0.25, -0.2) is 47.5 Å². The van der Waals surface area contributed by atoms with Crippen LogP contribution < -0.4 is 32.7 Å². The lowest BCUT2D eigenvalue weighted by atomic mass is 10.1. The first-order valence-corrected chi connectivity index (χ1v) is 45.2. The molecule has 0 radical (unpaired) electrons. The first-order chi connectivity index (χ1) is 68.7. The van der Waals surface area contributed by atoms with E-state index in [1.54, 1.807) is 127 Å². The largest absolute Gasteiger partial charge is 0.491 e. The molecule has 147 heavy (non-hydrogen) atoms. The number of carbonyl (C=O) groups excluding carboxylic acids is 8. The van der Waals surface area contributed by atoms with Crippen LogP contribution in [-0.4, -0.2) is 202 Å². The summed E-state index contributed by atoms with van der Waals surface area (Å²) in [4.78, 5) is 113. The van der Waals surface area contributed by atoms with E-state index in [1.165, 1.54) is 58.6 Å². The maximum Gasteiger partial charge on any atom is 0.491 e. The normalized spacial score (nSPS) is 17.9. The number of nitrogens with two attached hydrogens (primary N) is 2. The molecule has 14 rings (SSSR count). The van der Waals surface area contributed by atoms with Crippen molar-refractivity contribution >= 4 is 82.0 Å². The summed E-state index contributed by atoms with van der Waals surface area (Å²) < 4.78 is 201. The average molecular weight is 2190 g/mol. The van der Waals surface area contributed by atoms with Crippen LogP contribution in [0.15, 0.2) is 256 Å². The second-order valence-corrected chi connectivity index (χ2v) is 34.5. The van der Waals surface area contributed by atoms with Gasteiger partial charge in [-0.2, -0.15) is 73.1 Å². The highest BCUT2D eigenvalue weighted by Gasteiger charge is 2.53. The number of halogens is 13. The Morgan fingerprint density at radius 1 is 0.340 bits per heavy atom. The van der Waals surface area contributed by atoms with Gasteiger partial charge < -0.3 is 90.3 Å². The average Bonchev–Trinajstić information content (AvgIpc) is 1.66. The van der Waals surface area contributed by atoms with E-state index in [1.807, 2.05) is 183 Å². The number of aromatic nitrogens is 8. The summed E-state index contributed by atoms with van der Waals surface area (Å²) in [6, 6.07) is 58.5. The van der Waals surface area contributed by atoms with Crippen molar-refractivity contribution in [3.05, 3.63) is 298 Å². The number of rotatable bonds is 23. The van der Waals surface area contributed by atoms with Crippen molar-refractivity contribution in [2.45, 2.75) is 204 Å². The summed E-state index contributed by atoms with van der Waals surface area (Å²) in [5.74, 6) is -17.5. The summed E-state index contributed by atoms with van der Waals surface area (Å²) in [5.41, 5.74) is 20.0. The Hall–Kier alpha value is -14.4. The molecule has 7 heterocycles. The number of nitrogens with one attached hydrogen (secondary N) is 4. The van der Waals surface area contributed by atoms with Crippen LogP contribution in [0.4, 0.5) is 52.7 Å². The number of esters is 4. The van der Waals surface area contributed by atoms with Gasteiger partial charge in [0, 0.05) is 70.8 Å². The summed E-state index contributed by atoms with van der Waals surface area (Å²) in [7, 11) is 2.41. The van der Waals surface area contributed by atoms with Gasteiger partial charge in [0.1, 0.15) is 0 Å². The molecule has 3 aliphatic heterocycles. The van der Waals surface area contributed by atoms with Gasteiger partial charge in [-0.15, -0.1) is 0 Å². The Kier molecular flexibility index (Phi) is 43.7. The zero-order valence-corrected chi connectivity index (χ0v) is 83.1. The molecule has 0 aliphatic carbocycles. The van der Waals surface area contributed by atoms with E-state index in [9.17, 15) is 106 Å². The molecule has 0 bridgehead atoms. The quantitative estimate of drug-likeness (QED) is 0.00969. The lowest BCUT2D eigenvalue weighted by Crippen LogP contribution is -2.45. The third-order valence-electron chi connectivity index (χ3n) is 20.4. The minimum absolute atomic E-state index is 0.0849. The third kappa shape index (κ3) is 37.9. The molecule has 792 valence electrons. The number of benzene rings is 7. The molecule has 3 fully saturated rings. The van der Waals surface area contributed by atoms with Crippen molar-refractivity contribution in [2.24, 2.45) is 11.5 Å². The third-order valence-corrected chi connectivity index (χ3v) is 21.1. The van der Waals surface area contributed by atoms with Crippen molar-refractivity contribution in [3.8, 4) is 22.7 Å². The molecule has 3 saturated heterocycles. The molecule has 49 heteroatoms. The molecule has 0 saturated carbocycles. The van der Waals surface area contributed by atoms with Crippen LogP contribution in [0, 0.1) is 3.57 Å². The monoisotopic (exact) mass is 2190 g/mol. The maximum atomic E-state index is 12.7. The second kappa shape index (κ2) is 53.7. The van der Waals surface area contributed by atoms with E-state index in [2.05, 4.69) is 67.8 Å². The van der Waals surface area contributed by atoms with Gasteiger partial charge in [-0.05, 0) is 224 Å². The van der Waals surface area contributed by atoms with Crippen molar-refractivity contribution < 1.29 is 158 Å². The fraction of sp³-hybridized carbons (Fsp3) is 0.347. The van der Waals surface area contributed by atoms with Crippen molar-refractivity contribution in [2.75, 3.05) is 14.2 Å². The number of aliphatic carboxylic acids is 2. The minimum Gasteiger partial charge on any atom is -0.479 e. The zero-order valence-electron chi connectivity index (χ0n) is 81.0. The van der Waals surface area contributed by atoms with Crippen LogP contribution in [0.3, 0.4) is 0 Å². The highest BCUT2D eigenvalue weighted by atomic mass is 127. The number of methoxy groups -OCH3 is 2. The summed E-state index contributed by atoms with van der Waals surface area (Å²) in [5, 5.41) is 44.0. The number of hydrogen-bond acceptors (Lipinski definition) is 26. The minimum atomic E-state index is -5.45. The molecule has 11 aromatic rings.